The Morgan fingerprint density at radius 2 is 1.75 bits per heavy atom. The second-order valence-corrected chi connectivity index (χ2v) is 7.59. The van der Waals surface area contributed by atoms with Crippen molar-refractivity contribution >= 4 is 28.0 Å². The maximum Gasteiger partial charge on any atom is 0.422 e. The van der Waals surface area contributed by atoms with Gasteiger partial charge in [-0.15, -0.1) is 0 Å². The number of aliphatic hydroxyl groups is 1. The number of carbonyl (C=O) groups is 2. The van der Waals surface area contributed by atoms with Gasteiger partial charge in [0.2, 0.25) is 0 Å². The van der Waals surface area contributed by atoms with Crippen LogP contribution in [0.25, 0.3) is 0 Å². The Balaban J connectivity index is 2.88. The number of amides is 1. The van der Waals surface area contributed by atoms with Crippen LogP contribution in [0.15, 0.2) is 28.7 Å². The number of ether oxygens (including phenoxy) is 1. The molecule has 1 aromatic carbocycles. The molecule has 0 saturated carbocycles. The molecule has 1 aromatic rings. The molecule has 0 aliphatic rings. The van der Waals surface area contributed by atoms with Crippen LogP contribution in [0, 0.1) is 0 Å². The van der Waals surface area contributed by atoms with Gasteiger partial charge < -0.3 is 14.9 Å². The predicted octanol–water partition coefficient (Wildman–Crippen LogP) is 2.53. The zero-order valence-electron chi connectivity index (χ0n) is 14.2. The zero-order chi connectivity index (χ0) is 18.5. The molecule has 0 aliphatic heterocycles. The summed E-state index contributed by atoms with van der Waals surface area (Å²) >= 11 is 3.33. The van der Waals surface area contributed by atoms with Crippen molar-refractivity contribution in [3.63, 3.8) is 0 Å². The Bertz CT molecular complexity index is 581. The molecule has 1 rings (SSSR count). The first-order valence-electron chi connectivity index (χ1n) is 7.34. The van der Waals surface area contributed by atoms with Gasteiger partial charge in [0.05, 0.1) is 6.54 Å². The number of hydrogen-bond acceptors (Lipinski definition) is 5. The van der Waals surface area contributed by atoms with Crippen molar-refractivity contribution in [3.05, 3.63) is 34.3 Å². The molecule has 0 aliphatic carbocycles. The van der Waals surface area contributed by atoms with Crippen LogP contribution in [0.3, 0.4) is 0 Å². The minimum Gasteiger partial charge on any atom is -0.479 e. The van der Waals surface area contributed by atoms with Crippen molar-refractivity contribution in [3.8, 4) is 0 Å². The lowest BCUT2D eigenvalue weighted by molar-refractivity contribution is -0.159. The molecule has 24 heavy (non-hydrogen) atoms. The van der Waals surface area contributed by atoms with Gasteiger partial charge in [0.1, 0.15) is 5.60 Å². The number of carboxylic acid groups (broad SMARTS) is 1. The number of benzene rings is 1. The molecule has 3 N–H and O–H groups in total. The van der Waals surface area contributed by atoms with Crippen molar-refractivity contribution < 1.29 is 24.5 Å². The SMILES string of the molecule is CC(C)(C)OC(=O)NN(Cc1ccc(Br)cc1)C[C@@](C)(O)C(=O)O. The summed E-state index contributed by atoms with van der Waals surface area (Å²) in [5.74, 6) is -1.38. The number of halogens is 1. The van der Waals surface area contributed by atoms with Crippen LogP contribution in [0.4, 0.5) is 4.79 Å². The van der Waals surface area contributed by atoms with Crippen molar-refractivity contribution in [2.45, 2.75) is 45.4 Å². The first-order valence-corrected chi connectivity index (χ1v) is 8.13. The van der Waals surface area contributed by atoms with Crippen molar-refractivity contribution in [2.24, 2.45) is 0 Å². The van der Waals surface area contributed by atoms with Gasteiger partial charge in [-0.3, -0.25) is 5.43 Å². The second-order valence-electron chi connectivity index (χ2n) is 6.68. The van der Waals surface area contributed by atoms with Crippen molar-refractivity contribution in [1.82, 2.24) is 10.4 Å². The molecule has 0 fully saturated rings. The predicted molar refractivity (Wildman–Crippen MR) is 92.2 cm³/mol. The minimum atomic E-state index is -2.02. The highest BCUT2D eigenvalue weighted by atomic mass is 79.9. The van der Waals surface area contributed by atoms with E-state index in [1.165, 1.54) is 11.9 Å². The van der Waals surface area contributed by atoms with Crippen molar-refractivity contribution in [1.29, 1.82) is 0 Å². The van der Waals surface area contributed by atoms with Crippen LogP contribution in [0.5, 0.6) is 0 Å². The molecule has 7 nitrogen and oxygen atoms in total. The second kappa shape index (κ2) is 7.96. The third kappa shape index (κ3) is 7.29. The van der Waals surface area contributed by atoms with E-state index >= 15 is 0 Å². The fourth-order valence-corrected chi connectivity index (χ4v) is 2.08. The zero-order valence-corrected chi connectivity index (χ0v) is 15.8. The van der Waals surface area contributed by atoms with E-state index in [1.54, 1.807) is 20.8 Å². The van der Waals surface area contributed by atoms with Gasteiger partial charge in [0.25, 0.3) is 0 Å². The lowest BCUT2D eigenvalue weighted by Crippen LogP contribution is -2.53. The van der Waals surface area contributed by atoms with E-state index in [4.69, 9.17) is 9.84 Å². The fraction of sp³-hybridized carbons (Fsp3) is 0.500. The number of carboxylic acids is 1. The number of hydrazine groups is 1. The lowest BCUT2D eigenvalue weighted by Gasteiger charge is -2.30. The van der Waals surface area contributed by atoms with Crippen LogP contribution in [0.2, 0.25) is 0 Å². The van der Waals surface area contributed by atoms with Gasteiger partial charge in [-0.05, 0) is 45.4 Å². The maximum absolute atomic E-state index is 12.0. The summed E-state index contributed by atoms with van der Waals surface area (Å²) < 4.78 is 6.07. The summed E-state index contributed by atoms with van der Waals surface area (Å²) in [5, 5.41) is 20.4. The lowest BCUT2D eigenvalue weighted by atomic mass is 10.1. The van der Waals surface area contributed by atoms with Gasteiger partial charge in [0.15, 0.2) is 5.60 Å². The number of carbonyl (C=O) groups excluding carboxylic acids is 1. The van der Waals surface area contributed by atoms with E-state index < -0.39 is 23.3 Å². The first-order chi connectivity index (χ1) is 10.9. The largest absolute Gasteiger partial charge is 0.479 e. The molecule has 134 valence electrons. The highest BCUT2D eigenvalue weighted by molar-refractivity contribution is 9.10. The van der Waals surface area contributed by atoms with E-state index in [0.717, 1.165) is 10.0 Å². The van der Waals surface area contributed by atoms with Gasteiger partial charge >= 0.3 is 12.1 Å². The summed E-state index contributed by atoms with van der Waals surface area (Å²) in [6, 6.07) is 7.30. The third-order valence-corrected chi connectivity index (χ3v) is 3.42. The van der Waals surface area contributed by atoms with E-state index in [9.17, 15) is 14.7 Å². The molecule has 1 atom stereocenters. The molecule has 0 bridgehead atoms. The summed E-state index contributed by atoms with van der Waals surface area (Å²) in [6.45, 7) is 6.23. The van der Waals surface area contributed by atoms with Crippen LogP contribution in [0.1, 0.15) is 33.3 Å². The summed E-state index contributed by atoms with van der Waals surface area (Å²) in [4.78, 5) is 23.1. The molecule has 0 saturated heterocycles. The highest BCUT2D eigenvalue weighted by Gasteiger charge is 2.33. The van der Waals surface area contributed by atoms with Crippen LogP contribution >= 0.6 is 15.9 Å². The van der Waals surface area contributed by atoms with E-state index in [-0.39, 0.29) is 13.1 Å². The summed E-state index contributed by atoms with van der Waals surface area (Å²) in [7, 11) is 0. The summed E-state index contributed by atoms with van der Waals surface area (Å²) in [6.07, 6.45) is -0.721. The molecular weight excluding hydrogens is 380 g/mol. The quantitative estimate of drug-likeness (QED) is 0.632. The Hall–Kier alpha value is -1.64. The number of nitrogens with zero attached hydrogens (tertiary/aromatic N) is 1. The molecule has 8 heteroatoms. The molecule has 0 aromatic heterocycles. The highest BCUT2D eigenvalue weighted by Crippen LogP contribution is 2.14. The smallest absolute Gasteiger partial charge is 0.422 e. The van der Waals surface area contributed by atoms with E-state index in [0.29, 0.717) is 0 Å². The van der Waals surface area contributed by atoms with Gasteiger partial charge in [-0.1, -0.05) is 28.1 Å². The molecule has 1 amide bonds. The number of rotatable bonds is 6. The Morgan fingerprint density at radius 3 is 2.21 bits per heavy atom. The van der Waals surface area contributed by atoms with E-state index in [1.807, 2.05) is 24.3 Å². The average Bonchev–Trinajstić information content (AvgIpc) is 2.38. The normalized spacial score (nSPS) is 14.1. The van der Waals surface area contributed by atoms with Crippen LogP contribution < -0.4 is 5.43 Å². The fourth-order valence-electron chi connectivity index (χ4n) is 1.81. The van der Waals surface area contributed by atoms with Crippen LogP contribution in [-0.2, 0) is 16.1 Å². The van der Waals surface area contributed by atoms with Gasteiger partial charge in [0, 0.05) is 11.0 Å². The topological polar surface area (TPSA) is 99.1 Å². The van der Waals surface area contributed by atoms with Gasteiger partial charge in [-0.2, -0.15) is 0 Å². The molecule has 0 heterocycles. The van der Waals surface area contributed by atoms with Crippen LogP contribution in [-0.4, -0.2) is 45.0 Å². The first kappa shape index (κ1) is 20.4. The van der Waals surface area contributed by atoms with Crippen molar-refractivity contribution in [2.75, 3.05) is 6.54 Å². The van der Waals surface area contributed by atoms with Gasteiger partial charge in [-0.25, -0.2) is 14.6 Å². The number of aliphatic carboxylic acids is 1. The number of nitrogens with one attached hydrogen (secondary N) is 1. The van der Waals surface area contributed by atoms with E-state index in [2.05, 4.69) is 21.4 Å². The Morgan fingerprint density at radius 1 is 1.21 bits per heavy atom. The molecule has 0 radical (unpaired) electrons. The Labute approximate surface area is 149 Å². The monoisotopic (exact) mass is 402 g/mol. The molecular formula is C16H23BrN2O5. The molecule has 0 spiro atoms. The minimum absolute atomic E-state index is 0.204. The number of hydrogen-bond donors (Lipinski definition) is 3. The Kier molecular flexibility index (Phi) is 6.76. The average molecular weight is 403 g/mol. The molecule has 0 unspecified atom stereocenters. The third-order valence-electron chi connectivity index (χ3n) is 2.89. The maximum atomic E-state index is 12.0. The summed E-state index contributed by atoms with van der Waals surface area (Å²) in [5.41, 5.74) is 0.599. The standard InChI is InChI=1S/C16H23BrN2O5/c1-15(2,3)24-14(22)18-19(10-16(4,23)13(20)21)9-11-5-7-12(17)8-6-11/h5-8,23H,9-10H2,1-4H3,(H,18,22)(H,20,21)/t16-/m1/s1.